The van der Waals surface area contributed by atoms with E-state index < -0.39 is 0 Å². The Labute approximate surface area is 123 Å². The van der Waals surface area contributed by atoms with Gasteiger partial charge in [0.15, 0.2) is 0 Å². The molecule has 0 spiro atoms. The van der Waals surface area contributed by atoms with Crippen LogP contribution in [0.15, 0.2) is 10.5 Å². The summed E-state index contributed by atoms with van der Waals surface area (Å²) in [5, 5.41) is 3.34. The number of nitrogens with zero attached hydrogens (tertiary/aromatic N) is 1. The number of methoxy groups -OCH3 is 1. The van der Waals surface area contributed by atoms with Gasteiger partial charge in [0.25, 0.3) is 0 Å². The van der Waals surface area contributed by atoms with E-state index in [-0.39, 0.29) is 0 Å². The van der Waals surface area contributed by atoms with Gasteiger partial charge in [-0.25, -0.2) is 0 Å². The molecule has 0 amide bonds. The quantitative estimate of drug-likeness (QED) is 0.716. The molecule has 0 unspecified atom stereocenters. The van der Waals surface area contributed by atoms with Crippen LogP contribution in [-0.4, -0.2) is 38.3 Å². The van der Waals surface area contributed by atoms with Crippen LogP contribution in [0.3, 0.4) is 0 Å². The van der Waals surface area contributed by atoms with E-state index in [1.807, 2.05) is 6.92 Å². The number of nitrogens with one attached hydrogen (secondary N) is 1. The van der Waals surface area contributed by atoms with Crippen LogP contribution in [0.5, 0.6) is 0 Å². The predicted molar refractivity (Wildman–Crippen MR) is 82.8 cm³/mol. The van der Waals surface area contributed by atoms with Gasteiger partial charge in [-0.2, -0.15) is 0 Å². The average molecular weight is 282 g/mol. The molecule has 0 aliphatic carbocycles. The molecule has 0 aliphatic heterocycles. The number of ether oxygens (including phenoxy) is 1. The lowest BCUT2D eigenvalue weighted by molar-refractivity contribution is 0.130. The Balaban J connectivity index is 2.62. The maximum atomic E-state index is 5.88. The molecule has 0 fully saturated rings. The van der Waals surface area contributed by atoms with Gasteiger partial charge in [-0.05, 0) is 25.5 Å². The molecule has 0 aromatic carbocycles. The molecule has 0 radical (unpaired) electrons. The molecule has 4 heteroatoms. The van der Waals surface area contributed by atoms with Crippen LogP contribution >= 0.6 is 0 Å². The van der Waals surface area contributed by atoms with Gasteiger partial charge in [0, 0.05) is 32.3 Å². The Morgan fingerprint density at radius 3 is 2.75 bits per heavy atom. The second kappa shape index (κ2) is 9.16. The summed E-state index contributed by atoms with van der Waals surface area (Å²) in [6, 6.07) is 2.18. The minimum Gasteiger partial charge on any atom is -0.465 e. The normalized spacial score (nSPS) is 11.8. The van der Waals surface area contributed by atoms with Gasteiger partial charge in [-0.15, -0.1) is 0 Å². The fraction of sp³-hybridized carbons (Fsp3) is 0.750. The van der Waals surface area contributed by atoms with Crippen molar-refractivity contribution in [3.05, 3.63) is 23.2 Å². The van der Waals surface area contributed by atoms with Gasteiger partial charge >= 0.3 is 0 Å². The topological polar surface area (TPSA) is 37.6 Å². The van der Waals surface area contributed by atoms with Crippen molar-refractivity contribution in [2.75, 3.05) is 33.4 Å². The zero-order valence-corrected chi connectivity index (χ0v) is 13.7. The summed E-state index contributed by atoms with van der Waals surface area (Å²) in [6.07, 6.45) is 0. The minimum atomic E-state index is 0.643. The smallest absolute Gasteiger partial charge is 0.118 e. The fourth-order valence-corrected chi connectivity index (χ4v) is 2.29. The van der Waals surface area contributed by atoms with Crippen molar-refractivity contribution in [2.24, 2.45) is 5.92 Å². The third-order valence-corrected chi connectivity index (χ3v) is 3.25. The Bertz CT molecular complexity index is 375. The van der Waals surface area contributed by atoms with Crippen molar-refractivity contribution in [1.29, 1.82) is 0 Å². The first-order valence-electron chi connectivity index (χ1n) is 7.57. The molecular formula is C16H30N2O2. The number of hydrogen-bond acceptors (Lipinski definition) is 4. The summed E-state index contributed by atoms with van der Waals surface area (Å²) in [7, 11) is 1.75. The number of furan rings is 1. The molecule has 1 rings (SSSR count). The largest absolute Gasteiger partial charge is 0.465 e. The molecule has 0 aliphatic rings. The van der Waals surface area contributed by atoms with Gasteiger partial charge in [0.05, 0.1) is 13.2 Å². The van der Waals surface area contributed by atoms with E-state index in [1.165, 1.54) is 5.56 Å². The average Bonchev–Trinajstić information content (AvgIpc) is 2.73. The van der Waals surface area contributed by atoms with Crippen LogP contribution in [0.1, 0.15) is 37.9 Å². The molecule has 1 aromatic heterocycles. The fourth-order valence-electron chi connectivity index (χ4n) is 2.29. The maximum absolute atomic E-state index is 5.88. The molecule has 0 bridgehead atoms. The second-order valence-corrected chi connectivity index (χ2v) is 5.70. The van der Waals surface area contributed by atoms with Gasteiger partial charge < -0.3 is 14.5 Å². The lowest BCUT2D eigenvalue weighted by atomic mass is 10.2. The Kier molecular flexibility index (Phi) is 7.88. The van der Waals surface area contributed by atoms with Crippen molar-refractivity contribution < 1.29 is 9.15 Å². The highest BCUT2D eigenvalue weighted by Gasteiger charge is 2.13. The molecule has 116 valence electrons. The first kappa shape index (κ1) is 17.2. The lowest BCUT2D eigenvalue weighted by Gasteiger charge is -2.22. The number of hydrogen-bond donors (Lipinski definition) is 1. The molecule has 0 saturated carbocycles. The van der Waals surface area contributed by atoms with E-state index in [4.69, 9.17) is 9.15 Å². The monoisotopic (exact) mass is 282 g/mol. The molecular weight excluding hydrogens is 252 g/mol. The predicted octanol–water partition coefficient (Wildman–Crippen LogP) is 2.80. The van der Waals surface area contributed by atoms with Gasteiger partial charge in [0.2, 0.25) is 0 Å². The van der Waals surface area contributed by atoms with Crippen molar-refractivity contribution >= 4 is 0 Å². The highest BCUT2D eigenvalue weighted by atomic mass is 16.5. The first-order valence-corrected chi connectivity index (χ1v) is 7.57. The molecule has 0 saturated heterocycles. The third-order valence-electron chi connectivity index (χ3n) is 3.25. The maximum Gasteiger partial charge on any atom is 0.118 e. The molecule has 1 N–H and O–H groups in total. The van der Waals surface area contributed by atoms with Crippen molar-refractivity contribution in [1.82, 2.24) is 10.2 Å². The van der Waals surface area contributed by atoms with Gasteiger partial charge in [-0.3, -0.25) is 4.90 Å². The first-order chi connectivity index (χ1) is 9.56. The van der Waals surface area contributed by atoms with E-state index in [2.05, 4.69) is 37.1 Å². The van der Waals surface area contributed by atoms with Crippen LogP contribution in [-0.2, 0) is 17.8 Å². The van der Waals surface area contributed by atoms with Crippen LogP contribution in [0.25, 0.3) is 0 Å². The molecule has 20 heavy (non-hydrogen) atoms. The summed E-state index contributed by atoms with van der Waals surface area (Å²) in [4.78, 5) is 2.39. The third kappa shape index (κ3) is 6.07. The SMILES string of the molecule is CCNCc1cc(CN(CCOC)CC(C)C)oc1C. The van der Waals surface area contributed by atoms with Crippen LogP contribution in [0.2, 0.25) is 0 Å². The summed E-state index contributed by atoms with van der Waals surface area (Å²) >= 11 is 0. The standard InChI is InChI=1S/C16H30N2O2/c1-6-17-10-15-9-16(20-14(15)4)12-18(7-8-19-5)11-13(2)3/h9,13,17H,6-8,10-12H2,1-5H3. The van der Waals surface area contributed by atoms with E-state index in [9.17, 15) is 0 Å². The highest BCUT2D eigenvalue weighted by molar-refractivity contribution is 5.20. The molecule has 1 aromatic rings. The highest BCUT2D eigenvalue weighted by Crippen LogP contribution is 2.17. The van der Waals surface area contributed by atoms with Gasteiger partial charge in [-0.1, -0.05) is 20.8 Å². The number of rotatable bonds is 10. The Morgan fingerprint density at radius 2 is 2.15 bits per heavy atom. The molecule has 1 heterocycles. The van der Waals surface area contributed by atoms with Gasteiger partial charge in [0.1, 0.15) is 11.5 Å². The summed E-state index contributed by atoms with van der Waals surface area (Å²) < 4.78 is 11.1. The second-order valence-electron chi connectivity index (χ2n) is 5.70. The van der Waals surface area contributed by atoms with Crippen molar-refractivity contribution in [2.45, 2.75) is 40.8 Å². The summed E-state index contributed by atoms with van der Waals surface area (Å²) in [6.45, 7) is 14.1. The molecule has 0 atom stereocenters. The zero-order chi connectivity index (χ0) is 15.0. The summed E-state index contributed by atoms with van der Waals surface area (Å²) in [5.41, 5.74) is 1.26. The minimum absolute atomic E-state index is 0.643. The van der Waals surface area contributed by atoms with Crippen molar-refractivity contribution in [3.8, 4) is 0 Å². The van der Waals surface area contributed by atoms with E-state index >= 15 is 0 Å². The Hall–Kier alpha value is -0.840. The summed E-state index contributed by atoms with van der Waals surface area (Å²) in [5.74, 6) is 2.72. The van der Waals surface area contributed by atoms with Crippen LogP contribution in [0, 0.1) is 12.8 Å². The van der Waals surface area contributed by atoms with E-state index in [0.29, 0.717) is 5.92 Å². The van der Waals surface area contributed by atoms with Crippen molar-refractivity contribution in [3.63, 3.8) is 0 Å². The molecule has 4 nitrogen and oxygen atoms in total. The van der Waals surface area contributed by atoms with E-state index in [1.54, 1.807) is 7.11 Å². The van der Waals surface area contributed by atoms with Crippen LogP contribution in [0.4, 0.5) is 0 Å². The van der Waals surface area contributed by atoms with Crippen LogP contribution < -0.4 is 5.32 Å². The van der Waals surface area contributed by atoms with E-state index in [0.717, 1.165) is 50.9 Å². The Morgan fingerprint density at radius 1 is 1.40 bits per heavy atom. The number of aryl methyl sites for hydroxylation is 1. The zero-order valence-electron chi connectivity index (χ0n) is 13.7. The lowest BCUT2D eigenvalue weighted by Crippen LogP contribution is -2.30.